The van der Waals surface area contributed by atoms with Crippen molar-refractivity contribution in [1.82, 2.24) is 15.0 Å². The van der Waals surface area contributed by atoms with E-state index in [0.29, 0.717) is 31.7 Å². The van der Waals surface area contributed by atoms with Crippen molar-refractivity contribution in [1.29, 1.82) is 0 Å². The molecule has 0 N–H and O–H groups in total. The molecule has 0 aliphatic carbocycles. The molecule has 1 amide bonds. The van der Waals surface area contributed by atoms with Crippen molar-refractivity contribution in [3.63, 3.8) is 0 Å². The lowest BCUT2D eigenvalue weighted by Gasteiger charge is -2.24. The number of carbonyl (C=O) groups is 1. The van der Waals surface area contributed by atoms with Gasteiger partial charge in [0.15, 0.2) is 5.76 Å². The van der Waals surface area contributed by atoms with E-state index in [2.05, 4.69) is 10.1 Å². The number of halogens is 1. The minimum Gasteiger partial charge on any atom is -0.356 e. The summed E-state index contributed by atoms with van der Waals surface area (Å²) in [6.07, 6.45) is 2.51. The third-order valence-corrected chi connectivity index (χ3v) is 4.74. The number of hydrogen-bond acceptors (Lipinski definition) is 4. The maximum Gasteiger partial charge on any atom is 0.223 e. The average molecular weight is 395 g/mol. The smallest absolute Gasteiger partial charge is 0.223 e. The largest absolute Gasteiger partial charge is 0.356 e. The van der Waals surface area contributed by atoms with Crippen molar-refractivity contribution in [2.24, 2.45) is 0 Å². The maximum absolute atomic E-state index is 13.2. The lowest BCUT2D eigenvalue weighted by molar-refractivity contribution is -0.131. The molecular weight excluding hydrogens is 369 g/mol. The zero-order valence-corrected chi connectivity index (χ0v) is 16.8. The number of benzene rings is 2. The predicted octanol–water partition coefficient (Wildman–Crippen LogP) is 4.00. The van der Waals surface area contributed by atoms with Crippen LogP contribution in [-0.2, 0) is 17.8 Å². The molecule has 29 heavy (non-hydrogen) atoms. The zero-order valence-electron chi connectivity index (χ0n) is 16.8. The van der Waals surface area contributed by atoms with Gasteiger partial charge in [0.05, 0.1) is 6.20 Å². The van der Waals surface area contributed by atoms with Crippen LogP contribution in [0.5, 0.6) is 0 Å². The molecule has 0 unspecified atom stereocenters. The van der Waals surface area contributed by atoms with Gasteiger partial charge in [-0.25, -0.2) is 4.39 Å². The molecule has 0 spiro atoms. The molecule has 3 aromatic rings. The van der Waals surface area contributed by atoms with Gasteiger partial charge in [0.25, 0.3) is 0 Å². The van der Waals surface area contributed by atoms with Crippen LogP contribution < -0.4 is 0 Å². The highest BCUT2D eigenvalue weighted by Crippen LogP contribution is 2.25. The van der Waals surface area contributed by atoms with Crippen molar-refractivity contribution >= 4 is 5.91 Å². The van der Waals surface area contributed by atoms with Crippen LogP contribution in [0.2, 0.25) is 0 Å². The summed E-state index contributed by atoms with van der Waals surface area (Å²) in [5.41, 5.74) is 2.70. The second kappa shape index (κ2) is 9.98. The molecule has 0 saturated carbocycles. The van der Waals surface area contributed by atoms with Crippen LogP contribution in [-0.4, -0.2) is 48.0 Å². The molecular formula is C23H26FN3O2. The number of hydrogen-bond donors (Lipinski definition) is 0. The van der Waals surface area contributed by atoms with Crippen LogP contribution in [0.4, 0.5) is 4.39 Å². The highest BCUT2D eigenvalue weighted by Gasteiger charge is 2.17. The fourth-order valence-electron chi connectivity index (χ4n) is 3.09. The number of likely N-dealkylation sites (N-methyl/N-ethyl adjacent to an activating group) is 1. The summed E-state index contributed by atoms with van der Waals surface area (Å²) in [4.78, 5) is 16.9. The number of amides is 1. The average Bonchev–Trinajstić information content (AvgIpc) is 3.19. The van der Waals surface area contributed by atoms with Crippen LogP contribution in [0.25, 0.3) is 11.3 Å². The van der Waals surface area contributed by atoms with Crippen molar-refractivity contribution < 1.29 is 13.7 Å². The molecule has 1 aromatic heterocycles. The summed E-state index contributed by atoms with van der Waals surface area (Å²) in [6, 6.07) is 16.1. The van der Waals surface area contributed by atoms with E-state index in [1.807, 2.05) is 49.3 Å². The Kier molecular flexibility index (Phi) is 7.14. The minimum absolute atomic E-state index is 0.0851. The summed E-state index contributed by atoms with van der Waals surface area (Å²) < 4.78 is 18.5. The summed E-state index contributed by atoms with van der Waals surface area (Å²) in [7, 11) is 3.99. The van der Waals surface area contributed by atoms with E-state index < -0.39 is 0 Å². The van der Waals surface area contributed by atoms with Crippen molar-refractivity contribution in [3.8, 4) is 11.3 Å². The monoisotopic (exact) mass is 395 g/mol. The van der Waals surface area contributed by atoms with Gasteiger partial charge in [0, 0.05) is 37.2 Å². The zero-order chi connectivity index (χ0) is 20.6. The number of aromatic nitrogens is 1. The van der Waals surface area contributed by atoms with Gasteiger partial charge in [-0.2, -0.15) is 0 Å². The Labute approximate surface area is 170 Å². The van der Waals surface area contributed by atoms with Crippen LogP contribution in [0.1, 0.15) is 17.5 Å². The molecule has 1 heterocycles. The van der Waals surface area contributed by atoms with Gasteiger partial charge in [-0.05, 0) is 50.3 Å². The molecule has 0 aliphatic heterocycles. The van der Waals surface area contributed by atoms with Gasteiger partial charge in [0.1, 0.15) is 5.82 Å². The third-order valence-electron chi connectivity index (χ3n) is 4.74. The molecule has 152 valence electrons. The van der Waals surface area contributed by atoms with E-state index in [1.165, 1.54) is 12.1 Å². The summed E-state index contributed by atoms with van der Waals surface area (Å²) >= 11 is 0. The van der Waals surface area contributed by atoms with Gasteiger partial charge >= 0.3 is 0 Å². The molecule has 6 heteroatoms. The fraction of sp³-hybridized carbons (Fsp3) is 0.304. The lowest BCUT2D eigenvalue weighted by atomic mass is 10.0. The Morgan fingerprint density at radius 2 is 1.76 bits per heavy atom. The van der Waals surface area contributed by atoms with Crippen LogP contribution in [0.3, 0.4) is 0 Å². The van der Waals surface area contributed by atoms with Crippen molar-refractivity contribution in [2.75, 3.05) is 27.2 Å². The molecule has 0 saturated heterocycles. The van der Waals surface area contributed by atoms with Gasteiger partial charge in [-0.1, -0.05) is 35.5 Å². The third kappa shape index (κ3) is 5.99. The normalized spacial score (nSPS) is 11.0. The Morgan fingerprint density at radius 3 is 2.45 bits per heavy atom. The first-order chi connectivity index (χ1) is 14.0. The maximum atomic E-state index is 13.2. The summed E-state index contributed by atoms with van der Waals surface area (Å²) in [5.74, 6) is 0.366. The molecule has 5 nitrogen and oxygen atoms in total. The minimum atomic E-state index is -0.303. The standard InChI is InChI=1S/C23H26FN3O2/c1-26(2)14-15-27(17-18-6-4-3-5-7-18)22(28)13-10-20-16-25-29-23(20)19-8-11-21(24)12-9-19/h3-9,11-12,16H,10,13-15,17H2,1-2H3. The Hall–Kier alpha value is -2.99. The van der Waals surface area contributed by atoms with Gasteiger partial charge in [-0.3, -0.25) is 4.79 Å². The van der Waals surface area contributed by atoms with Crippen molar-refractivity contribution in [3.05, 3.63) is 77.7 Å². The Bertz CT molecular complexity index is 907. The van der Waals surface area contributed by atoms with Crippen LogP contribution in [0, 0.1) is 5.82 Å². The topological polar surface area (TPSA) is 49.6 Å². The molecule has 0 aliphatic rings. The van der Waals surface area contributed by atoms with E-state index in [4.69, 9.17) is 4.52 Å². The summed E-state index contributed by atoms with van der Waals surface area (Å²) in [6.45, 7) is 2.05. The van der Waals surface area contributed by atoms with E-state index in [-0.39, 0.29) is 11.7 Å². The van der Waals surface area contributed by atoms with Gasteiger partial charge < -0.3 is 14.3 Å². The molecule has 0 fully saturated rings. The Morgan fingerprint density at radius 1 is 1.03 bits per heavy atom. The number of rotatable bonds is 9. The van der Waals surface area contributed by atoms with Crippen LogP contribution in [0.15, 0.2) is 65.3 Å². The quantitative estimate of drug-likeness (QED) is 0.549. The highest BCUT2D eigenvalue weighted by atomic mass is 19.1. The Balaban J connectivity index is 1.67. The molecule has 0 bridgehead atoms. The number of aryl methyl sites for hydroxylation is 1. The molecule has 2 aromatic carbocycles. The first-order valence-corrected chi connectivity index (χ1v) is 9.69. The molecule has 0 atom stereocenters. The summed E-state index contributed by atoms with van der Waals surface area (Å²) in [5, 5.41) is 3.87. The van der Waals surface area contributed by atoms with Gasteiger partial charge in [-0.15, -0.1) is 0 Å². The van der Waals surface area contributed by atoms with E-state index >= 15 is 0 Å². The molecule has 0 radical (unpaired) electrons. The first-order valence-electron chi connectivity index (χ1n) is 9.69. The predicted molar refractivity (Wildman–Crippen MR) is 111 cm³/mol. The highest BCUT2D eigenvalue weighted by molar-refractivity contribution is 5.77. The number of carbonyl (C=O) groups excluding carboxylic acids is 1. The molecule has 3 rings (SSSR count). The second-order valence-electron chi connectivity index (χ2n) is 7.29. The first kappa shape index (κ1) is 20.7. The van der Waals surface area contributed by atoms with Gasteiger partial charge in [0.2, 0.25) is 5.91 Å². The SMILES string of the molecule is CN(C)CCN(Cc1ccccc1)C(=O)CCc1cnoc1-c1ccc(F)cc1. The second-order valence-corrected chi connectivity index (χ2v) is 7.29. The van der Waals surface area contributed by atoms with Crippen LogP contribution >= 0.6 is 0 Å². The lowest BCUT2D eigenvalue weighted by Crippen LogP contribution is -2.36. The van der Waals surface area contributed by atoms with E-state index in [9.17, 15) is 9.18 Å². The fourth-order valence-corrected chi connectivity index (χ4v) is 3.09. The van der Waals surface area contributed by atoms with Crippen molar-refractivity contribution in [2.45, 2.75) is 19.4 Å². The van der Waals surface area contributed by atoms with E-state index in [0.717, 1.165) is 23.2 Å². The van der Waals surface area contributed by atoms with E-state index in [1.54, 1.807) is 18.3 Å². The number of nitrogens with zero attached hydrogens (tertiary/aromatic N) is 3.